The predicted octanol–water partition coefficient (Wildman–Crippen LogP) is 3.29. The fourth-order valence-electron chi connectivity index (χ4n) is 4.01. The number of imidazole rings is 1. The number of hydrogen-bond acceptors (Lipinski definition) is 5. The van der Waals surface area contributed by atoms with E-state index in [9.17, 15) is 18.4 Å². The first-order valence-corrected chi connectivity index (χ1v) is 10.5. The van der Waals surface area contributed by atoms with Crippen molar-refractivity contribution in [3.05, 3.63) is 65.6 Å². The molecule has 0 aliphatic carbocycles. The van der Waals surface area contributed by atoms with Crippen LogP contribution in [0.1, 0.15) is 41.9 Å². The Balaban J connectivity index is 1.57. The summed E-state index contributed by atoms with van der Waals surface area (Å²) in [5.74, 6) is -1.58. The fraction of sp³-hybridized carbons (Fsp3) is 0.348. The van der Waals surface area contributed by atoms with Crippen molar-refractivity contribution in [1.29, 1.82) is 0 Å². The summed E-state index contributed by atoms with van der Waals surface area (Å²) in [5, 5.41) is 2.59. The molecule has 168 valence electrons. The monoisotopic (exact) mass is 442 g/mol. The van der Waals surface area contributed by atoms with E-state index in [0.717, 1.165) is 24.2 Å². The molecule has 32 heavy (non-hydrogen) atoms. The number of nitrogens with zero attached hydrogens (tertiary/aromatic N) is 3. The Morgan fingerprint density at radius 1 is 1.25 bits per heavy atom. The molecule has 2 aromatic heterocycles. The third-order valence-electron chi connectivity index (χ3n) is 5.54. The fourth-order valence-corrected chi connectivity index (χ4v) is 4.01. The minimum atomic E-state index is -0.476. The number of hydrogen-bond donors (Lipinski definition) is 1. The Hall–Kier alpha value is -3.33. The van der Waals surface area contributed by atoms with Gasteiger partial charge in [0, 0.05) is 24.9 Å². The summed E-state index contributed by atoms with van der Waals surface area (Å²) in [7, 11) is 0. The van der Waals surface area contributed by atoms with E-state index in [4.69, 9.17) is 4.74 Å². The quantitative estimate of drug-likeness (QED) is 0.580. The van der Waals surface area contributed by atoms with Gasteiger partial charge in [-0.25, -0.2) is 13.8 Å². The molecular formula is C23H24F2N4O3. The number of aromatic nitrogens is 2. The van der Waals surface area contributed by atoms with Gasteiger partial charge < -0.3 is 15.0 Å². The second-order valence-corrected chi connectivity index (χ2v) is 7.63. The second kappa shape index (κ2) is 9.44. The zero-order chi connectivity index (χ0) is 22.7. The smallest absolute Gasteiger partial charge is 0.270 e. The standard InChI is InChI=1S/C23H24F2N4O3/c1-2-32-14-17(30)11-27-23(31)21-12-26-22-8-6-16(13-29(21)22)28-9-3-4-20(28)18-10-15(24)5-7-19(18)25/h5-8,10,12-13,20H,2-4,9,11,14H2,1H3,(H,27,31)/t20-/m0/s1. The lowest BCUT2D eigenvalue weighted by atomic mass is 10.0. The number of carbonyl (C=O) groups is 2. The van der Waals surface area contributed by atoms with Crippen LogP contribution in [0.3, 0.4) is 0 Å². The van der Waals surface area contributed by atoms with Crippen molar-refractivity contribution in [1.82, 2.24) is 14.7 Å². The first-order chi connectivity index (χ1) is 15.5. The van der Waals surface area contributed by atoms with Crippen molar-refractivity contribution in [2.45, 2.75) is 25.8 Å². The van der Waals surface area contributed by atoms with Crippen LogP contribution >= 0.6 is 0 Å². The van der Waals surface area contributed by atoms with E-state index in [0.29, 0.717) is 30.8 Å². The van der Waals surface area contributed by atoms with Crippen LogP contribution in [0.2, 0.25) is 0 Å². The number of nitrogens with one attached hydrogen (secondary N) is 1. The minimum Gasteiger partial charge on any atom is -0.374 e. The molecule has 1 atom stereocenters. The van der Waals surface area contributed by atoms with Gasteiger partial charge in [-0.05, 0) is 50.1 Å². The number of carbonyl (C=O) groups excluding carboxylic acids is 2. The average molecular weight is 442 g/mol. The molecule has 3 aromatic rings. The lowest BCUT2D eigenvalue weighted by molar-refractivity contribution is -0.122. The SMILES string of the molecule is CCOCC(=O)CNC(=O)c1cnc2ccc(N3CCC[C@H]3c3cc(F)ccc3F)cn12. The first-order valence-electron chi connectivity index (χ1n) is 10.5. The summed E-state index contributed by atoms with van der Waals surface area (Å²) < 4.78 is 34.9. The number of benzene rings is 1. The lowest BCUT2D eigenvalue weighted by Gasteiger charge is -2.27. The van der Waals surface area contributed by atoms with E-state index in [-0.39, 0.29) is 30.7 Å². The molecule has 1 fully saturated rings. The summed E-state index contributed by atoms with van der Waals surface area (Å²) in [6, 6.07) is 6.82. The van der Waals surface area contributed by atoms with Crippen LogP contribution in [0.4, 0.5) is 14.5 Å². The third kappa shape index (κ3) is 4.47. The van der Waals surface area contributed by atoms with E-state index >= 15 is 0 Å². The minimum absolute atomic E-state index is 0.0545. The summed E-state index contributed by atoms with van der Waals surface area (Å²) >= 11 is 0. The number of rotatable bonds is 8. The number of ether oxygens (including phenoxy) is 1. The van der Waals surface area contributed by atoms with Gasteiger partial charge in [0.25, 0.3) is 5.91 Å². The van der Waals surface area contributed by atoms with Crippen molar-refractivity contribution >= 4 is 23.0 Å². The van der Waals surface area contributed by atoms with E-state index in [1.807, 2.05) is 11.0 Å². The van der Waals surface area contributed by atoms with Crippen LogP contribution in [0.15, 0.2) is 42.7 Å². The molecule has 9 heteroatoms. The van der Waals surface area contributed by atoms with Gasteiger partial charge in [-0.3, -0.25) is 14.0 Å². The van der Waals surface area contributed by atoms with Crippen molar-refractivity contribution in [2.24, 2.45) is 0 Å². The molecule has 0 saturated carbocycles. The molecule has 1 amide bonds. The molecule has 0 unspecified atom stereocenters. The Labute approximate surface area is 184 Å². The Morgan fingerprint density at radius 3 is 2.91 bits per heavy atom. The van der Waals surface area contributed by atoms with Gasteiger partial charge in [0.1, 0.15) is 29.6 Å². The molecule has 0 spiro atoms. The highest BCUT2D eigenvalue weighted by Crippen LogP contribution is 2.37. The molecular weight excluding hydrogens is 418 g/mol. The Kier molecular flexibility index (Phi) is 6.45. The maximum absolute atomic E-state index is 14.4. The molecule has 7 nitrogen and oxygen atoms in total. The normalized spacial score (nSPS) is 16.0. The maximum Gasteiger partial charge on any atom is 0.270 e. The summed E-state index contributed by atoms with van der Waals surface area (Å²) in [4.78, 5) is 30.6. The molecule has 3 heterocycles. The molecule has 1 saturated heterocycles. The number of halogens is 2. The number of fused-ring (bicyclic) bond motifs is 1. The van der Waals surface area contributed by atoms with Crippen LogP contribution in [0.5, 0.6) is 0 Å². The topological polar surface area (TPSA) is 75.9 Å². The van der Waals surface area contributed by atoms with Gasteiger partial charge >= 0.3 is 0 Å². The summed E-state index contributed by atoms with van der Waals surface area (Å²) in [6.45, 7) is 2.69. The average Bonchev–Trinajstić information content (AvgIpc) is 3.44. The molecule has 0 bridgehead atoms. The Bertz CT molecular complexity index is 1150. The second-order valence-electron chi connectivity index (χ2n) is 7.63. The van der Waals surface area contributed by atoms with Crippen LogP contribution in [0.25, 0.3) is 5.65 Å². The number of anilines is 1. The molecule has 1 aliphatic heterocycles. The molecule has 0 radical (unpaired) electrons. The first kappa shape index (κ1) is 21.9. The third-order valence-corrected chi connectivity index (χ3v) is 5.54. The van der Waals surface area contributed by atoms with Gasteiger partial charge in [0.2, 0.25) is 0 Å². The predicted molar refractivity (Wildman–Crippen MR) is 115 cm³/mol. The summed E-state index contributed by atoms with van der Waals surface area (Å²) in [5.41, 5.74) is 1.92. The van der Waals surface area contributed by atoms with E-state index in [1.165, 1.54) is 12.3 Å². The van der Waals surface area contributed by atoms with Crippen LogP contribution in [0, 0.1) is 11.6 Å². The molecule has 1 aromatic carbocycles. The molecule has 1 aliphatic rings. The number of amides is 1. The maximum atomic E-state index is 14.4. The largest absolute Gasteiger partial charge is 0.374 e. The van der Waals surface area contributed by atoms with Gasteiger partial charge in [-0.15, -0.1) is 0 Å². The van der Waals surface area contributed by atoms with Crippen molar-refractivity contribution in [2.75, 3.05) is 31.2 Å². The van der Waals surface area contributed by atoms with E-state index < -0.39 is 17.5 Å². The van der Waals surface area contributed by atoms with Gasteiger partial charge in [-0.2, -0.15) is 0 Å². The van der Waals surface area contributed by atoms with Crippen molar-refractivity contribution in [3.63, 3.8) is 0 Å². The van der Waals surface area contributed by atoms with Crippen LogP contribution in [-0.4, -0.2) is 47.4 Å². The van der Waals surface area contributed by atoms with E-state index in [1.54, 1.807) is 23.6 Å². The van der Waals surface area contributed by atoms with Gasteiger partial charge in [0.15, 0.2) is 5.78 Å². The zero-order valence-corrected chi connectivity index (χ0v) is 17.7. The highest BCUT2D eigenvalue weighted by atomic mass is 19.1. The highest BCUT2D eigenvalue weighted by Gasteiger charge is 2.29. The number of ketones is 1. The van der Waals surface area contributed by atoms with Crippen LogP contribution in [-0.2, 0) is 9.53 Å². The number of pyridine rings is 1. The van der Waals surface area contributed by atoms with Gasteiger partial charge in [0.05, 0.1) is 24.5 Å². The molecule has 1 N–H and O–H groups in total. The van der Waals surface area contributed by atoms with E-state index in [2.05, 4.69) is 10.3 Å². The van der Waals surface area contributed by atoms with Crippen LogP contribution < -0.4 is 10.2 Å². The lowest BCUT2D eigenvalue weighted by Crippen LogP contribution is -2.32. The zero-order valence-electron chi connectivity index (χ0n) is 17.7. The van der Waals surface area contributed by atoms with Crippen molar-refractivity contribution < 1.29 is 23.1 Å². The highest BCUT2D eigenvalue weighted by molar-refractivity contribution is 5.96. The Morgan fingerprint density at radius 2 is 2.09 bits per heavy atom. The number of Topliss-reactive ketones (excluding diaryl/α,β-unsaturated/α-hetero) is 1. The molecule has 4 rings (SSSR count). The van der Waals surface area contributed by atoms with Crippen molar-refractivity contribution in [3.8, 4) is 0 Å². The van der Waals surface area contributed by atoms with Gasteiger partial charge in [-0.1, -0.05) is 0 Å². The summed E-state index contributed by atoms with van der Waals surface area (Å²) in [6.07, 6.45) is 4.72.